The van der Waals surface area contributed by atoms with Crippen LogP contribution in [0.5, 0.6) is 0 Å². The SMILES string of the molecule is Cc1cccc(NC(=O)NCCc2nc3c(s2)CCCC3)n1. The van der Waals surface area contributed by atoms with Crippen molar-refractivity contribution in [2.75, 3.05) is 11.9 Å². The average Bonchev–Trinajstić information content (AvgIpc) is 2.90. The van der Waals surface area contributed by atoms with E-state index in [2.05, 4.69) is 20.6 Å². The van der Waals surface area contributed by atoms with Crippen LogP contribution in [0.15, 0.2) is 18.2 Å². The zero-order chi connectivity index (χ0) is 15.4. The van der Waals surface area contributed by atoms with Crippen LogP contribution >= 0.6 is 11.3 Å². The molecule has 0 saturated carbocycles. The number of anilines is 1. The molecule has 1 aliphatic rings. The second kappa shape index (κ2) is 6.87. The van der Waals surface area contributed by atoms with E-state index in [1.165, 1.54) is 29.8 Å². The largest absolute Gasteiger partial charge is 0.337 e. The van der Waals surface area contributed by atoms with Crippen molar-refractivity contribution in [2.45, 2.75) is 39.0 Å². The van der Waals surface area contributed by atoms with E-state index in [1.54, 1.807) is 17.4 Å². The Balaban J connectivity index is 1.46. The molecule has 2 N–H and O–H groups in total. The summed E-state index contributed by atoms with van der Waals surface area (Å²) in [6.07, 6.45) is 5.59. The van der Waals surface area contributed by atoms with Gasteiger partial charge in [-0.1, -0.05) is 6.07 Å². The maximum atomic E-state index is 11.8. The molecule has 5 nitrogen and oxygen atoms in total. The second-order valence-electron chi connectivity index (χ2n) is 5.48. The molecule has 0 unspecified atom stereocenters. The third kappa shape index (κ3) is 3.82. The smallest absolute Gasteiger partial charge is 0.320 e. The molecule has 0 aromatic carbocycles. The zero-order valence-electron chi connectivity index (χ0n) is 12.7. The lowest BCUT2D eigenvalue weighted by atomic mass is 10.0. The highest BCUT2D eigenvalue weighted by Gasteiger charge is 2.14. The Hall–Kier alpha value is -1.95. The molecule has 2 aromatic rings. The molecule has 6 heteroatoms. The number of hydrogen-bond donors (Lipinski definition) is 2. The molecule has 2 heterocycles. The Labute approximate surface area is 134 Å². The van der Waals surface area contributed by atoms with Crippen LogP contribution < -0.4 is 10.6 Å². The van der Waals surface area contributed by atoms with E-state index in [0.717, 1.165) is 23.5 Å². The van der Waals surface area contributed by atoms with Gasteiger partial charge in [-0.05, 0) is 44.7 Å². The molecule has 0 aliphatic heterocycles. The van der Waals surface area contributed by atoms with Crippen LogP contribution in [0.25, 0.3) is 0 Å². The number of aromatic nitrogens is 2. The van der Waals surface area contributed by atoms with Gasteiger partial charge in [0.1, 0.15) is 5.82 Å². The molecule has 116 valence electrons. The lowest BCUT2D eigenvalue weighted by Crippen LogP contribution is -2.30. The number of aryl methyl sites for hydroxylation is 3. The number of thiazole rings is 1. The van der Waals surface area contributed by atoms with E-state index in [4.69, 9.17) is 0 Å². The summed E-state index contributed by atoms with van der Waals surface area (Å²) in [6, 6.07) is 5.33. The van der Waals surface area contributed by atoms with E-state index in [1.807, 2.05) is 19.1 Å². The minimum Gasteiger partial charge on any atom is -0.337 e. The number of hydrogen-bond acceptors (Lipinski definition) is 4. The van der Waals surface area contributed by atoms with Crippen LogP contribution in [0.2, 0.25) is 0 Å². The minimum absolute atomic E-state index is 0.223. The van der Waals surface area contributed by atoms with Crippen molar-refractivity contribution in [3.8, 4) is 0 Å². The number of carbonyl (C=O) groups is 1. The van der Waals surface area contributed by atoms with Gasteiger partial charge in [-0.3, -0.25) is 5.32 Å². The molecular formula is C16H20N4OS. The van der Waals surface area contributed by atoms with Crippen molar-refractivity contribution in [3.05, 3.63) is 39.5 Å². The summed E-state index contributed by atoms with van der Waals surface area (Å²) in [5.74, 6) is 0.571. The second-order valence-corrected chi connectivity index (χ2v) is 6.65. The summed E-state index contributed by atoms with van der Waals surface area (Å²) >= 11 is 1.80. The van der Waals surface area contributed by atoms with Crippen molar-refractivity contribution in [1.29, 1.82) is 0 Å². The van der Waals surface area contributed by atoms with Gasteiger partial charge in [0.2, 0.25) is 0 Å². The number of amides is 2. The summed E-state index contributed by atoms with van der Waals surface area (Å²) in [5, 5.41) is 6.72. The van der Waals surface area contributed by atoms with Gasteiger partial charge >= 0.3 is 6.03 Å². The highest BCUT2D eigenvalue weighted by Crippen LogP contribution is 2.26. The topological polar surface area (TPSA) is 66.9 Å². The van der Waals surface area contributed by atoms with Crippen LogP contribution in [-0.4, -0.2) is 22.5 Å². The van der Waals surface area contributed by atoms with Gasteiger partial charge < -0.3 is 5.32 Å². The molecule has 0 atom stereocenters. The van der Waals surface area contributed by atoms with Gasteiger partial charge in [-0.25, -0.2) is 14.8 Å². The number of urea groups is 1. The predicted octanol–water partition coefficient (Wildman–Crippen LogP) is 3.09. The number of nitrogens with zero attached hydrogens (tertiary/aromatic N) is 2. The Kier molecular flexibility index (Phi) is 4.68. The van der Waals surface area contributed by atoms with Gasteiger partial charge in [0.15, 0.2) is 0 Å². The minimum atomic E-state index is -0.223. The number of carbonyl (C=O) groups excluding carboxylic acids is 1. The Morgan fingerprint density at radius 2 is 2.14 bits per heavy atom. The molecule has 2 amide bonds. The molecule has 2 aromatic heterocycles. The lowest BCUT2D eigenvalue weighted by Gasteiger charge is -2.06. The van der Waals surface area contributed by atoms with Gasteiger partial charge in [0.25, 0.3) is 0 Å². The van der Waals surface area contributed by atoms with Gasteiger partial charge in [0.05, 0.1) is 10.7 Å². The highest BCUT2D eigenvalue weighted by atomic mass is 32.1. The van der Waals surface area contributed by atoms with Gasteiger partial charge in [0, 0.05) is 23.5 Å². The first-order valence-corrected chi connectivity index (χ1v) is 8.48. The van der Waals surface area contributed by atoms with Crippen LogP contribution in [0.1, 0.15) is 34.1 Å². The van der Waals surface area contributed by atoms with E-state index < -0.39 is 0 Å². The molecule has 0 spiro atoms. The van der Waals surface area contributed by atoms with Crippen molar-refractivity contribution >= 4 is 23.2 Å². The summed E-state index contributed by atoms with van der Waals surface area (Å²) in [5.41, 5.74) is 2.16. The fraction of sp³-hybridized carbons (Fsp3) is 0.438. The van der Waals surface area contributed by atoms with E-state index in [-0.39, 0.29) is 6.03 Å². The zero-order valence-corrected chi connectivity index (χ0v) is 13.5. The van der Waals surface area contributed by atoms with Gasteiger partial charge in [-0.15, -0.1) is 11.3 Å². The standard InChI is InChI=1S/C16H20N4OS/c1-11-5-4-8-14(18-11)20-16(21)17-10-9-15-19-12-6-2-3-7-13(12)22-15/h4-5,8H,2-3,6-7,9-10H2,1H3,(H2,17,18,20,21). The fourth-order valence-corrected chi connectivity index (χ4v) is 3.72. The maximum Gasteiger partial charge on any atom is 0.320 e. The first kappa shape index (κ1) is 15.0. The molecule has 22 heavy (non-hydrogen) atoms. The fourth-order valence-electron chi connectivity index (χ4n) is 2.57. The average molecular weight is 316 g/mol. The number of fused-ring (bicyclic) bond motifs is 1. The number of rotatable bonds is 4. The van der Waals surface area contributed by atoms with Crippen LogP contribution in [-0.2, 0) is 19.3 Å². The molecule has 0 radical (unpaired) electrons. The molecule has 0 fully saturated rings. The molecule has 1 aliphatic carbocycles. The highest BCUT2D eigenvalue weighted by molar-refractivity contribution is 7.11. The third-order valence-electron chi connectivity index (χ3n) is 3.64. The van der Waals surface area contributed by atoms with E-state index >= 15 is 0 Å². The molecule has 3 rings (SSSR count). The monoisotopic (exact) mass is 316 g/mol. The van der Waals surface area contributed by atoms with Gasteiger partial charge in [-0.2, -0.15) is 0 Å². The van der Waals surface area contributed by atoms with Crippen molar-refractivity contribution < 1.29 is 4.79 Å². The predicted molar refractivity (Wildman–Crippen MR) is 88.5 cm³/mol. The van der Waals surface area contributed by atoms with Crippen molar-refractivity contribution in [3.63, 3.8) is 0 Å². The third-order valence-corrected chi connectivity index (χ3v) is 4.86. The summed E-state index contributed by atoms with van der Waals surface area (Å²) in [7, 11) is 0. The summed E-state index contributed by atoms with van der Waals surface area (Å²) in [6.45, 7) is 2.48. The normalized spacial score (nSPS) is 13.5. The molecule has 0 saturated heterocycles. The van der Waals surface area contributed by atoms with Crippen LogP contribution in [0.3, 0.4) is 0 Å². The van der Waals surface area contributed by atoms with Crippen molar-refractivity contribution in [2.24, 2.45) is 0 Å². The maximum absolute atomic E-state index is 11.8. The molecular weight excluding hydrogens is 296 g/mol. The van der Waals surface area contributed by atoms with E-state index in [0.29, 0.717) is 12.4 Å². The first-order valence-electron chi connectivity index (χ1n) is 7.67. The van der Waals surface area contributed by atoms with Crippen LogP contribution in [0.4, 0.5) is 10.6 Å². The van der Waals surface area contributed by atoms with E-state index in [9.17, 15) is 4.79 Å². The Morgan fingerprint density at radius 3 is 2.95 bits per heavy atom. The number of pyridine rings is 1. The first-order chi connectivity index (χ1) is 10.7. The summed E-state index contributed by atoms with van der Waals surface area (Å²) < 4.78 is 0. The quantitative estimate of drug-likeness (QED) is 0.911. The Bertz CT molecular complexity index is 644. The number of nitrogens with one attached hydrogen (secondary N) is 2. The Morgan fingerprint density at radius 1 is 1.27 bits per heavy atom. The lowest BCUT2D eigenvalue weighted by molar-refractivity contribution is 0.252. The van der Waals surface area contributed by atoms with Crippen molar-refractivity contribution in [1.82, 2.24) is 15.3 Å². The van der Waals surface area contributed by atoms with Crippen LogP contribution in [0, 0.1) is 6.92 Å². The molecule has 0 bridgehead atoms. The summed E-state index contributed by atoms with van der Waals surface area (Å²) in [4.78, 5) is 22.2.